The van der Waals surface area contributed by atoms with Crippen molar-refractivity contribution < 1.29 is 17.6 Å². The van der Waals surface area contributed by atoms with Crippen molar-refractivity contribution in [2.45, 2.75) is 0 Å². The van der Waals surface area contributed by atoms with Crippen molar-refractivity contribution in [1.29, 1.82) is 0 Å². The predicted molar refractivity (Wildman–Crippen MR) is 45.6 cm³/mol. The van der Waals surface area contributed by atoms with E-state index in [1.165, 1.54) is 24.5 Å². The van der Waals surface area contributed by atoms with Crippen LogP contribution in [-0.4, -0.2) is 4.57 Å². The molecule has 0 bridgehead atoms. The Morgan fingerprint density at radius 2 is 1.27 bits per heavy atom. The summed E-state index contributed by atoms with van der Waals surface area (Å²) in [7, 11) is 0. The van der Waals surface area contributed by atoms with Crippen LogP contribution in [0.1, 0.15) is 0 Å². The van der Waals surface area contributed by atoms with Crippen molar-refractivity contribution in [3.8, 4) is 5.69 Å². The van der Waals surface area contributed by atoms with Gasteiger partial charge in [0.25, 0.3) is 0 Å². The first kappa shape index (κ1) is 9.76. The third kappa shape index (κ3) is 1.49. The molecule has 1 nitrogen and oxygen atoms in total. The maximum Gasteiger partial charge on any atom is 0.185 e. The molecule has 78 valence electrons. The molecule has 1 heterocycles. The molecule has 1 aromatic heterocycles. The van der Waals surface area contributed by atoms with Crippen LogP contribution < -0.4 is 0 Å². The molecule has 2 aromatic rings. The average molecular weight is 215 g/mol. The lowest BCUT2D eigenvalue weighted by molar-refractivity contribution is 0.448. The molecule has 1 aromatic carbocycles. The van der Waals surface area contributed by atoms with Crippen LogP contribution >= 0.6 is 0 Å². The molecular weight excluding hydrogens is 210 g/mol. The molecule has 0 atom stereocenters. The van der Waals surface area contributed by atoms with Crippen LogP contribution in [0.5, 0.6) is 0 Å². The maximum absolute atomic E-state index is 13.2. The third-order valence-corrected chi connectivity index (χ3v) is 1.95. The second-order valence-electron chi connectivity index (χ2n) is 2.91. The molecule has 0 spiro atoms. The van der Waals surface area contributed by atoms with Crippen LogP contribution in [0.2, 0.25) is 0 Å². The molecule has 2 rings (SSSR count). The SMILES string of the molecule is Fc1cc(F)c(F)c(-n2cccc2)c1F. The van der Waals surface area contributed by atoms with Gasteiger partial charge in [-0.1, -0.05) is 0 Å². The highest BCUT2D eigenvalue weighted by atomic mass is 19.2. The summed E-state index contributed by atoms with van der Waals surface area (Å²) in [6.45, 7) is 0. The molecule has 5 heteroatoms. The van der Waals surface area contributed by atoms with E-state index in [4.69, 9.17) is 0 Å². The Labute approximate surface area is 82.6 Å². The van der Waals surface area contributed by atoms with Gasteiger partial charge in [-0.25, -0.2) is 17.6 Å². The van der Waals surface area contributed by atoms with E-state index in [1.807, 2.05) is 0 Å². The van der Waals surface area contributed by atoms with Crippen molar-refractivity contribution in [3.63, 3.8) is 0 Å². The molecule has 0 saturated heterocycles. The molecule has 0 amide bonds. The summed E-state index contributed by atoms with van der Waals surface area (Å²) < 4.78 is 53.0. The normalized spacial score (nSPS) is 10.7. The molecule has 0 aliphatic heterocycles. The van der Waals surface area contributed by atoms with E-state index < -0.39 is 29.0 Å². The molecule has 0 aliphatic carbocycles. The van der Waals surface area contributed by atoms with Crippen LogP contribution in [0.3, 0.4) is 0 Å². The van der Waals surface area contributed by atoms with Crippen LogP contribution in [0.15, 0.2) is 30.6 Å². The van der Waals surface area contributed by atoms with Crippen LogP contribution in [-0.2, 0) is 0 Å². The summed E-state index contributed by atoms with van der Waals surface area (Å²) >= 11 is 0. The largest absolute Gasteiger partial charge is 0.319 e. The van der Waals surface area contributed by atoms with E-state index in [0.29, 0.717) is 0 Å². The Hall–Kier alpha value is -1.78. The van der Waals surface area contributed by atoms with Gasteiger partial charge in [0.1, 0.15) is 5.69 Å². The van der Waals surface area contributed by atoms with Gasteiger partial charge in [-0.05, 0) is 12.1 Å². The molecule has 0 radical (unpaired) electrons. The summed E-state index contributed by atoms with van der Waals surface area (Å²) in [5.74, 6) is -5.66. The highest BCUT2D eigenvalue weighted by Crippen LogP contribution is 2.22. The molecule has 0 fully saturated rings. The van der Waals surface area contributed by atoms with E-state index in [9.17, 15) is 17.6 Å². The fraction of sp³-hybridized carbons (Fsp3) is 0. The van der Waals surface area contributed by atoms with Crippen molar-refractivity contribution in [3.05, 3.63) is 53.9 Å². The highest BCUT2D eigenvalue weighted by Gasteiger charge is 2.19. The lowest BCUT2D eigenvalue weighted by Gasteiger charge is -2.07. The first-order chi connectivity index (χ1) is 7.11. The van der Waals surface area contributed by atoms with Gasteiger partial charge in [0.05, 0.1) is 0 Å². The summed E-state index contributed by atoms with van der Waals surface area (Å²) in [4.78, 5) is 0. The number of hydrogen-bond acceptors (Lipinski definition) is 0. The summed E-state index contributed by atoms with van der Waals surface area (Å²) in [5, 5.41) is 0. The molecule has 0 aliphatic rings. The lowest BCUT2D eigenvalue weighted by atomic mass is 10.2. The summed E-state index contributed by atoms with van der Waals surface area (Å²) in [5.41, 5.74) is -0.752. The minimum atomic E-state index is -1.42. The van der Waals surface area contributed by atoms with Gasteiger partial charge in [0, 0.05) is 18.5 Å². The second-order valence-corrected chi connectivity index (χ2v) is 2.91. The van der Waals surface area contributed by atoms with Crippen molar-refractivity contribution in [2.75, 3.05) is 0 Å². The number of aromatic nitrogens is 1. The molecular formula is C10H5F4N. The van der Waals surface area contributed by atoms with E-state index in [1.54, 1.807) is 0 Å². The van der Waals surface area contributed by atoms with Gasteiger partial charge in [-0.15, -0.1) is 0 Å². The Morgan fingerprint density at radius 1 is 0.800 bits per heavy atom. The smallest absolute Gasteiger partial charge is 0.185 e. The Morgan fingerprint density at radius 3 is 1.73 bits per heavy atom. The van der Waals surface area contributed by atoms with Gasteiger partial charge >= 0.3 is 0 Å². The lowest BCUT2D eigenvalue weighted by Crippen LogP contribution is -2.04. The molecule has 0 saturated carbocycles. The van der Waals surface area contributed by atoms with Crippen molar-refractivity contribution in [2.24, 2.45) is 0 Å². The standard InChI is InChI=1S/C10H5F4N/c11-6-5-7(12)9(14)10(8(6)13)15-3-1-2-4-15/h1-5H. The minimum absolute atomic E-state index is 0.178. The van der Waals surface area contributed by atoms with Gasteiger partial charge in [0.15, 0.2) is 23.3 Å². The van der Waals surface area contributed by atoms with E-state index in [0.717, 1.165) is 4.57 Å². The predicted octanol–water partition coefficient (Wildman–Crippen LogP) is 3.03. The maximum atomic E-state index is 13.2. The van der Waals surface area contributed by atoms with Gasteiger partial charge in [-0.2, -0.15) is 0 Å². The fourth-order valence-electron chi connectivity index (χ4n) is 1.27. The zero-order valence-corrected chi connectivity index (χ0v) is 7.35. The zero-order valence-electron chi connectivity index (χ0n) is 7.35. The van der Waals surface area contributed by atoms with E-state index in [-0.39, 0.29) is 6.07 Å². The van der Waals surface area contributed by atoms with Gasteiger partial charge in [0.2, 0.25) is 0 Å². The fourth-order valence-corrected chi connectivity index (χ4v) is 1.27. The Balaban J connectivity index is 2.75. The summed E-state index contributed by atoms with van der Waals surface area (Å²) in [6, 6.07) is 3.15. The quantitative estimate of drug-likeness (QED) is 0.509. The van der Waals surface area contributed by atoms with E-state index in [2.05, 4.69) is 0 Å². The monoisotopic (exact) mass is 215 g/mol. The number of benzene rings is 1. The zero-order chi connectivity index (χ0) is 11.0. The Kier molecular flexibility index (Phi) is 2.22. The van der Waals surface area contributed by atoms with Crippen molar-refractivity contribution >= 4 is 0 Å². The van der Waals surface area contributed by atoms with Gasteiger partial charge in [-0.3, -0.25) is 0 Å². The third-order valence-electron chi connectivity index (χ3n) is 1.95. The second kappa shape index (κ2) is 3.42. The molecule has 15 heavy (non-hydrogen) atoms. The summed E-state index contributed by atoms with van der Waals surface area (Å²) in [6.07, 6.45) is 2.58. The van der Waals surface area contributed by atoms with Gasteiger partial charge < -0.3 is 4.57 Å². The number of nitrogens with zero attached hydrogens (tertiary/aromatic N) is 1. The minimum Gasteiger partial charge on any atom is -0.319 e. The highest BCUT2D eigenvalue weighted by molar-refractivity contribution is 5.37. The number of rotatable bonds is 1. The van der Waals surface area contributed by atoms with Crippen molar-refractivity contribution in [1.82, 2.24) is 4.57 Å². The topological polar surface area (TPSA) is 4.93 Å². The number of hydrogen-bond donors (Lipinski definition) is 0. The van der Waals surface area contributed by atoms with Crippen LogP contribution in [0.4, 0.5) is 17.6 Å². The van der Waals surface area contributed by atoms with E-state index >= 15 is 0 Å². The first-order valence-corrected chi connectivity index (χ1v) is 4.07. The average Bonchev–Trinajstić information content (AvgIpc) is 2.69. The van der Waals surface area contributed by atoms with Crippen LogP contribution in [0, 0.1) is 23.3 Å². The molecule has 0 unspecified atom stereocenters. The Bertz CT molecular complexity index is 464. The van der Waals surface area contributed by atoms with Crippen LogP contribution in [0.25, 0.3) is 5.69 Å². The number of halogens is 4. The molecule has 0 N–H and O–H groups in total. The first-order valence-electron chi connectivity index (χ1n) is 4.07.